The van der Waals surface area contributed by atoms with E-state index in [2.05, 4.69) is 0 Å². The Bertz CT molecular complexity index is 149. The molecule has 0 saturated heterocycles. The maximum absolute atomic E-state index is 2.00. The van der Waals surface area contributed by atoms with Crippen LogP contribution in [0.5, 0.6) is 0 Å². The van der Waals surface area contributed by atoms with Crippen LogP contribution < -0.4 is 12.4 Å². The molecule has 0 nitrogen and oxygen atoms in total. The second-order valence-corrected chi connectivity index (χ2v) is 1.92. The zero-order valence-corrected chi connectivity index (χ0v) is 9.87. The number of halogens is 1. The number of rotatable bonds is 0. The van der Waals surface area contributed by atoms with Crippen molar-refractivity contribution in [2.24, 2.45) is 0 Å². The van der Waals surface area contributed by atoms with Crippen LogP contribution in [0.15, 0.2) is 60.7 Å². The van der Waals surface area contributed by atoms with Crippen molar-refractivity contribution in [1.29, 1.82) is 0 Å². The van der Waals surface area contributed by atoms with Gasteiger partial charge in [0, 0.05) is 0 Å². The van der Waals surface area contributed by atoms with Crippen LogP contribution in [0.2, 0.25) is 0 Å². The molecule has 62 valence electrons. The van der Waals surface area contributed by atoms with Crippen LogP contribution in [-0.4, -0.2) is 0 Å². The molecule has 0 heterocycles. The monoisotopic (exact) mass is 255 g/mol. The maximum atomic E-state index is 2.00. The average molecular weight is 257 g/mol. The molecule has 0 radical (unpaired) electrons. The Morgan fingerprint density at radius 2 is 0.833 bits per heavy atom. The maximum Gasteiger partial charge on any atom is 2.00 e. The third-order valence-corrected chi connectivity index (χ3v) is 1.11. The molecule has 2 aromatic carbocycles. The topological polar surface area (TPSA) is 0 Å². The van der Waals surface area contributed by atoms with Crippen molar-refractivity contribution in [3.8, 4) is 0 Å². The van der Waals surface area contributed by atoms with Crippen LogP contribution in [0.4, 0.5) is 0 Å². The molecule has 2 aromatic rings. The van der Waals surface area contributed by atoms with Crippen LogP contribution in [0, 0.1) is 0 Å². The Morgan fingerprint density at radius 1 is 0.583 bits per heavy atom. The molecule has 2 heteroatoms. The molecule has 0 aliphatic rings. The van der Waals surface area contributed by atoms with Gasteiger partial charge in [0.15, 0.2) is 0 Å². The van der Waals surface area contributed by atoms with Crippen LogP contribution in [0.25, 0.3) is 0 Å². The third kappa shape index (κ3) is 7.97. The fourth-order valence-electron chi connectivity index (χ4n) is 0.642. The van der Waals surface area contributed by atoms with Gasteiger partial charge in [0.25, 0.3) is 0 Å². The Kier molecular flexibility index (Phi) is 13.0. The summed E-state index contributed by atoms with van der Waals surface area (Å²) in [4.78, 5) is 0. The van der Waals surface area contributed by atoms with Crippen molar-refractivity contribution >= 4 is 0 Å². The predicted octanol–water partition coefficient (Wildman–Crippen LogP) is -0.187. The van der Waals surface area contributed by atoms with Crippen molar-refractivity contribution in [3.63, 3.8) is 0 Å². The largest absolute Gasteiger partial charge is 2.00 e. The van der Waals surface area contributed by atoms with Crippen molar-refractivity contribution in [3.05, 3.63) is 60.7 Å². The van der Waals surface area contributed by atoms with Gasteiger partial charge in [-0.2, -0.15) is 36.4 Å². The number of hydrogen-bond donors (Lipinski definition) is 0. The molecule has 0 fully saturated rings. The standard InChI is InChI=1S/2C5H5.ClH.Zr/c2*1-2-4-5-3-1;;/h2*1-5H;1H;/q2*-1;;+2/p-1. The number of hydrogen-bond acceptors (Lipinski definition) is 0. The van der Waals surface area contributed by atoms with Gasteiger partial charge in [-0.05, 0) is 0 Å². The van der Waals surface area contributed by atoms with Crippen molar-refractivity contribution in [2.45, 2.75) is 0 Å². The van der Waals surface area contributed by atoms with Gasteiger partial charge in [-0.1, -0.05) is 0 Å². The van der Waals surface area contributed by atoms with Crippen LogP contribution in [-0.2, 0) is 26.2 Å². The molecule has 0 aliphatic carbocycles. The fourth-order valence-corrected chi connectivity index (χ4v) is 0.642. The smallest absolute Gasteiger partial charge is 1.00 e. The minimum absolute atomic E-state index is 0. The second kappa shape index (κ2) is 10.9. The zero-order valence-electron chi connectivity index (χ0n) is 6.65. The minimum Gasteiger partial charge on any atom is -1.00 e. The molecular formula is C10H10ClZr-. The Morgan fingerprint density at radius 3 is 0.917 bits per heavy atom. The van der Waals surface area contributed by atoms with Gasteiger partial charge in [0.2, 0.25) is 0 Å². The van der Waals surface area contributed by atoms with E-state index in [0.29, 0.717) is 0 Å². The molecule has 0 spiro atoms. The molecule has 0 amide bonds. The summed E-state index contributed by atoms with van der Waals surface area (Å²) in [5.41, 5.74) is 0. The van der Waals surface area contributed by atoms with E-state index in [-0.39, 0.29) is 38.6 Å². The normalized spacial score (nSPS) is 6.67. The molecular weight excluding hydrogens is 247 g/mol. The van der Waals surface area contributed by atoms with Gasteiger partial charge in [0.1, 0.15) is 0 Å². The van der Waals surface area contributed by atoms with Gasteiger partial charge < -0.3 is 12.4 Å². The fraction of sp³-hybridized carbons (Fsp3) is 0. The van der Waals surface area contributed by atoms with Gasteiger partial charge >= 0.3 is 26.2 Å². The first-order chi connectivity index (χ1) is 5.00. The van der Waals surface area contributed by atoms with E-state index in [0.717, 1.165) is 0 Å². The van der Waals surface area contributed by atoms with Gasteiger partial charge in [-0.25, -0.2) is 24.3 Å². The van der Waals surface area contributed by atoms with Gasteiger partial charge in [-0.15, -0.1) is 0 Å². The quantitative estimate of drug-likeness (QED) is 0.574. The minimum atomic E-state index is 0. The molecule has 12 heavy (non-hydrogen) atoms. The SMILES string of the molecule is [Cl-].[Zr+2].c1cc[cH-]c1.c1cc[cH-]c1. The van der Waals surface area contributed by atoms with Gasteiger partial charge in [-0.3, -0.25) is 0 Å². The first kappa shape index (κ1) is 14.4. The van der Waals surface area contributed by atoms with Gasteiger partial charge in [0.05, 0.1) is 0 Å². The summed E-state index contributed by atoms with van der Waals surface area (Å²) in [5.74, 6) is 0. The first-order valence-corrected chi connectivity index (χ1v) is 3.33. The van der Waals surface area contributed by atoms with E-state index in [1.165, 1.54) is 0 Å². The summed E-state index contributed by atoms with van der Waals surface area (Å²) in [7, 11) is 0. The van der Waals surface area contributed by atoms with E-state index in [1.807, 2.05) is 60.7 Å². The first-order valence-electron chi connectivity index (χ1n) is 3.33. The molecule has 0 N–H and O–H groups in total. The van der Waals surface area contributed by atoms with Crippen LogP contribution >= 0.6 is 0 Å². The summed E-state index contributed by atoms with van der Waals surface area (Å²) in [6.45, 7) is 0. The third-order valence-electron chi connectivity index (χ3n) is 1.11. The summed E-state index contributed by atoms with van der Waals surface area (Å²) in [6, 6.07) is 20.0. The van der Waals surface area contributed by atoms with Crippen LogP contribution in [0.1, 0.15) is 0 Å². The average Bonchev–Trinajstić information content (AvgIpc) is 2.67. The van der Waals surface area contributed by atoms with Crippen molar-refractivity contribution < 1.29 is 38.6 Å². The van der Waals surface area contributed by atoms with Crippen molar-refractivity contribution in [1.82, 2.24) is 0 Å². The molecule has 0 aliphatic heterocycles. The molecule has 0 saturated carbocycles. The molecule has 0 unspecified atom stereocenters. The van der Waals surface area contributed by atoms with E-state index in [4.69, 9.17) is 0 Å². The van der Waals surface area contributed by atoms with E-state index >= 15 is 0 Å². The Labute approximate surface area is 98.9 Å². The molecule has 0 atom stereocenters. The molecule has 2 rings (SSSR count). The second-order valence-electron chi connectivity index (χ2n) is 1.92. The summed E-state index contributed by atoms with van der Waals surface area (Å²) in [5, 5.41) is 0. The molecule has 0 aromatic heterocycles. The summed E-state index contributed by atoms with van der Waals surface area (Å²) < 4.78 is 0. The van der Waals surface area contributed by atoms with Crippen molar-refractivity contribution in [2.75, 3.05) is 0 Å². The summed E-state index contributed by atoms with van der Waals surface area (Å²) >= 11 is 0. The van der Waals surface area contributed by atoms with E-state index < -0.39 is 0 Å². The summed E-state index contributed by atoms with van der Waals surface area (Å²) in [6.07, 6.45) is 0. The Balaban J connectivity index is 0. The zero-order chi connectivity index (χ0) is 7.07. The Hall–Kier alpha value is -0.127. The molecule has 0 bridgehead atoms. The van der Waals surface area contributed by atoms with E-state index in [1.54, 1.807) is 0 Å². The van der Waals surface area contributed by atoms with Crippen LogP contribution in [0.3, 0.4) is 0 Å². The van der Waals surface area contributed by atoms with E-state index in [9.17, 15) is 0 Å². The predicted molar refractivity (Wildman–Crippen MR) is 44.1 cm³/mol.